The molecule has 0 aromatic carbocycles. The van der Waals surface area contributed by atoms with Crippen LogP contribution in [0.15, 0.2) is 4.99 Å². The molecule has 0 bridgehead atoms. The molecule has 1 aliphatic heterocycles. The molecule has 0 atom stereocenters. The van der Waals surface area contributed by atoms with Crippen LogP contribution in [0, 0.1) is 5.41 Å². The molecular weight excluding hydrogens is 318 g/mol. The highest BCUT2D eigenvalue weighted by molar-refractivity contribution is 5.79. The highest BCUT2D eigenvalue weighted by Crippen LogP contribution is 2.30. The Morgan fingerprint density at radius 3 is 2.52 bits per heavy atom. The Kier molecular flexibility index (Phi) is 11.9. The van der Waals surface area contributed by atoms with E-state index in [0.717, 1.165) is 83.9 Å². The number of aliphatic imine (C=N–C) groups is 1. The zero-order valence-electron chi connectivity index (χ0n) is 16.5. The summed E-state index contributed by atoms with van der Waals surface area (Å²) in [5, 5.41) is 16.0. The van der Waals surface area contributed by atoms with Crippen LogP contribution in [0.25, 0.3) is 0 Å². The molecule has 0 amide bonds. The Hall–Kier alpha value is -0.850. The fraction of sp³-hybridized carbons (Fsp3) is 0.947. The third-order valence-electron chi connectivity index (χ3n) is 5.19. The zero-order chi connectivity index (χ0) is 18.4. The molecule has 1 fully saturated rings. The maximum absolute atomic E-state index is 9.34. The molecule has 25 heavy (non-hydrogen) atoms. The van der Waals surface area contributed by atoms with Crippen LogP contribution in [0.3, 0.4) is 0 Å². The van der Waals surface area contributed by atoms with Crippen LogP contribution < -0.4 is 10.6 Å². The van der Waals surface area contributed by atoms with Gasteiger partial charge in [-0.1, -0.05) is 13.8 Å². The van der Waals surface area contributed by atoms with E-state index in [1.165, 1.54) is 0 Å². The highest BCUT2D eigenvalue weighted by Gasteiger charge is 2.25. The van der Waals surface area contributed by atoms with Gasteiger partial charge in [0.15, 0.2) is 5.96 Å². The minimum Gasteiger partial charge on any atom is -0.396 e. The van der Waals surface area contributed by atoms with E-state index in [4.69, 9.17) is 14.5 Å². The van der Waals surface area contributed by atoms with E-state index < -0.39 is 0 Å². The average molecular weight is 358 g/mol. The summed E-state index contributed by atoms with van der Waals surface area (Å²) in [4.78, 5) is 4.76. The molecule has 3 N–H and O–H groups in total. The minimum absolute atomic E-state index is 0.100. The Morgan fingerprint density at radius 2 is 1.92 bits per heavy atom. The van der Waals surface area contributed by atoms with Crippen molar-refractivity contribution in [3.63, 3.8) is 0 Å². The minimum atomic E-state index is 0.100. The summed E-state index contributed by atoms with van der Waals surface area (Å²) < 4.78 is 11.2. The maximum atomic E-state index is 9.34. The molecule has 0 aliphatic carbocycles. The summed E-state index contributed by atoms with van der Waals surface area (Å²) in [5.74, 6) is 0.859. The van der Waals surface area contributed by atoms with Gasteiger partial charge in [0.2, 0.25) is 0 Å². The Morgan fingerprint density at radius 1 is 1.20 bits per heavy atom. The third-order valence-corrected chi connectivity index (χ3v) is 5.19. The summed E-state index contributed by atoms with van der Waals surface area (Å²) in [7, 11) is 0. The Labute approximate surface area is 153 Å². The molecule has 148 valence electrons. The maximum Gasteiger partial charge on any atom is 0.191 e. The second kappa shape index (κ2) is 13.4. The van der Waals surface area contributed by atoms with E-state index in [1.807, 2.05) is 0 Å². The van der Waals surface area contributed by atoms with E-state index in [9.17, 15) is 5.11 Å². The lowest BCUT2D eigenvalue weighted by Crippen LogP contribution is -2.39. The van der Waals surface area contributed by atoms with Crippen molar-refractivity contribution in [2.75, 3.05) is 46.1 Å². The number of hydrogen-bond acceptors (Lipinski definition) is 4. The van der Waals surface area contributed by atoms with Crippen molar-refractivity contribution in [3.8, 4) is 0 Å². The van der Waals surface area contributed by atoms with Crippen molar-refractivity contribution >= 4 is 5.96 Å². The quantitative estimate of drug-likeness (QED) is 0.284. The van der Waals surface area contributed by atoms with E-state index in [2.05, 4.69) is 31.4 Å². The summed E-state index contributed by atoms with van der Waals surface area (Å²) in [6, 6.07) is 0. The number of hydrogen-bond donors (Lipinski definition) is 3. The van der Waals surface area contributed by atoms with Crippen LogP contribution >= 0.6 is 0 Å². The number of nitrogens with zero attached hydrogens (tertiary/aromatic N) is 1. The van der Waals surface area contributed by atoms with E-state index in [1.54, 1.807) is 0 Å². The highest BCUT2D eigenvalue weighted by atomic mass is 16.5. The van der Waals surface area contributed by atoms with Gasteiger partial charge in [0.05, 0.1) is 6.10 Å². The summed E-state index contributed by atoms with van der Waals surface area (Å²) in [6.45, 7) is 11.5. The molecule has 0 aromatic heterocycles. The van der Waals surface area contributed by atoms with Gasteiger partial charge in [-0.15, -0.1) is 0 Å². The number of aliphatic hydroxyl groups excluding tert-OH is 1. The standard InChI is InChI=1S/C19H39N3O3/c1-4-19(5-2,10-12-23)16-22-18(20-6-3)21-11-7-13-25-17-8-14-24-15-9-17/h17,23H,4-16H2,1-3H3,(H2,20,21,22). The average Bonchev–Trinajstić information content (AvgIpc) is 2.65. The van der Waals surface area contributed by atoms with Crippen molar-refractivity contribution < 1.29 is 14.6 Å². The van der Waals surface area contributed by atoms with Crippen LogP contribution in [0.1, 0.15) is 59.3 Å². The Bertz CT molecular complexity index is 354. The van der Waals surface area contributed by atoms with Crippen molar-refractivity contribution in [1.82, 2.24) is 10.6 Å². The smallest absolute Gasteiger partial charge is 0.191 e. The first-order valence-electron chi connectivity index (χ1n) is 10.0. The fourth-order valence-corrected chi connectivity index (χ4v) is 3.10. The lowest BCUT2D eigenvalue weighted by Gasteiger charge is -2.29. The molecule has 0 saturated carbocycles. The molecule has 6 heteroatoms. The van der Waals surface area contributed by atoms with Gasteiger partial charge >= 0.3 is 0 Å². The first-order chi connectivity index (χ1) is 12.2. The first kappa shape index (κ1) is 22.2. The normalized spacial score (nSPS) is 16.9. The van der Waals surface area contributed by atoms with Gasteiger partial charge in [-0.2, -0.15) is 0 Å². The van der Waals surface area contributed by atoms with Gasteiger partial charge in [0.25, 0.3) is 0 Å². The first-order valence-corrected chi connectivity index (χ1v) is 10.0. The summed E-state index contributed by atoms with van der Waals surface area (Å²) in [5.41, 5.74) is 0.100. The summed E-state index contributed by atoms with van der Waals surface area (Å²) in [6.07, 6.45) is 6.23. The van der Waals surface area contributed by atoms with Crippen molar-refractivity contribution in [2.45, 2.75) is 65.4 Å². The van der Waals surface area contributed by atoms with E-state index >= 15 is 0 Å². The number of ether oxygens (including phenoxy) is 2. The fourth-order valence-electron chi connectivity index (χ4n) is 3.10. The molecule has 0 radical (unpaired) electrons. The largest absolute Gasteiger partial charge is 0.396 e. The van der Waals surface area contributed by atoms with E-state index in [-0.39, 0.29) is 12.0 Å². The van der Waals surface area contributed by atoms with Crippen LogP contribution in [0.2, 0.25) is 0 Å². The van der Waals surface area contributed by atoms with Crippen molar-refractivity contribution in [1.29, 1.82) is 0 Å². The molecule has 0 spiro atoms. The lowest BCUT2D eigenvalue weighted by molar-refractivity contribution is -0.0320. The number of rotatable bonds is 12. The van der Waals surface area contributed by atoms with Crippen molar-refractivity contribution in [3.05, 3.63) is 0 Å². The predicted octanol–water partition coefficient (Wildman–Crippen LogP) is 2.32. The van der Waals surface area contributed by atoms with Gasteiger partial charge in [-0.3, -0.25) is 4.99 Å². The molecule has 1 aliphatic rings. The van der Waals surface area contributed by atoms with Gasteiger partial charge in [0.1, 0.15) is 0 Å². The molecule has 1 saturated heterocycles. The second-order valence-corrected chi connectivity index (χ2v) is 6.84. The van der Waals surface area contributed by atoms with Crippen LogP contribution in [-0.2, 0) is 9.47 Å². The second-order valence-electron chi connectivity index (χ2n) is 6.84. The van der Waals surface area contributed by atoms with Crippen molar-refractivity contribution in [2.24, 2.45) is 10.4 Å². The Balaban J connectivity index is 2.33. The number of nitrogens with one attached hydrogen (secondary N) is 2. The molecule has 0 unspecified atom stereocenters. The van der Waals surface area contributed by atoms with Crippen LogP contribution in [0.4, 0.5) is 0 Å². The molecule has 6 nitrogen and oxygen atoms in total. The third kappa shape index (κ3) is 8.88. The molecule has 1 heterocycles. The zero-order valence-corrected chi connectivity index (χ0v) is 16.5. The monoisotopic (exact) mass is 357 g/mol. The van der Waals surface area contributed by atoms with Crippen LogP contribution in [0.5, 0.6) is 0 Å². The molecular formula is C19H39N3O3. The summed E-state index contributed by atoms with van der Waals surface area (Å²) >= 11 is 0. The molecule has 0 aromatic rings. The van der Waals surface area contributed by atoms with Gasteiger partial charge in [0, 0.05) is 46.1 Å². The van der Waals surface area contributed by atoms with Gasteiger partial charge < -0.3 is 25.2 Å². The van der Waals surface area contributed by atoms with Crippen LogP contribution in [-0.4, -0.2) is 63.2 Å². The predicted molar refractivity (Wildman–Crippen MR) is 103 cm³/mol. The van der Waals surface area contributed by atoms with E-state index in [0.29, 0.717) is 6.10 Å². The van der Waals surface area contributed by atoms with Gasteiger partial charge in [-0.05, 0) is 50.9 Å². The SMILES string of the molecule is CCNC(=NCC(CC)(CC)CCO)NCCCOC1CCOCC1. The van der Waals surface area contributed by atoms with Gasteiger partial charge in [-0.25, -0.2) is 0 Å². The lowest BCUT2D eigenvalue weighted by atomic mass is 9.79. The number of guanidine groups is 1. The number of aliphatic hydroxyl groups is 1. The molecule has 1 rings (SSSR count). The topological polar surface area (TPSA) is 75.1 Å².